The highest BCUT2D eigenvalue weighted by Gasteiger charge is 2.08. The van der Waals surface area contributed by atoms with Crippen LogP contribution in [0.1, 0.15) is 30.9 Å². The van der Waals surface area contributed by atoms with Gasteiger partial charge >= 0.3 is 0 Å². The summed E-state index contributed by atoms with van der Waals surface area (Å²) in [6, 6.07) is 14.3. The lowest BCUT2D eigenvalue weighted by atomic mass is 9.97. The zero-order valence-corrected chi connectivity index (χ0v) is 10.4. The molecule has 18 heavy (non-hydrogen) atoms. The third kappa shape index (κ3) is 2.41. The lowest BCUT2D eigenvalue weighted by molar-refractivity contribution is 0.627. The molecule has 0 fully saturated rings. The van der Waals surface area contributed by atoms with Crippen molar-refractivity contribution in [2.45, 2.75) is 19.8 Å². The summed E-state index contributed by atoms with van der Waals surface area (Å²) in [6.45, 7) is 4.06. The fourth-order valence-electron chi connectivity index (χ4n) is 1.88. The number of nitrogens with zero attached hydrogens (tertiary/aromatic N) is 1. The second kappa shape index (κ2) is 5.01. The summed E-state index contributed by atoms with van der Waals surface area (Å²) in [7, 11) is 0. The van der Waals surface area contributed by atoms with Crippen LogP contribution in [-0.4, -0.2) is 0 Å². The maximum Gasteiger partial charge on any atom is 0.131 e. The highest BCUT2D eigenvalue weighted by molar-refractivity contribution is 5.66. The lowest BCUT2D eigenvalue weighted by Gasteiger charge is -2.09. The fraction of sp³-hybridized carbons (Fsp3) is 0.188. The van der Waals surface area contributed by atoms with Gasteiger partial charge in [0.25, 0.3) is 0 Å². The molecule has 0 saturated carbocycles. The van der Waals surface area contributed by atoms with E-state index in [1.54, 1.807) is 30.3 Å². The Morgan fingerprint density at radius 1 is 1.11 bits per heavy atom. The highest BCUT2D eigenvalue weighted by atomic mass is 19.1. The topological polar surface area (TPSA) is 23.8 Å². The molecule has 0 amide bonds. The maximum absolute atomic E-state index is 14.0. The molecule has 1 nitrogen and oxygen atoms in total. The van der Waals surface area contributed by atoms with Crippen molar-refractivity contribution < 1.29 is 4.39 Å². The normalized spacial score (nSPS) is 10.4. The Morgan fingerprint density at radius 2 is 1.89 bits per heavy atom. The Morgan fingerprint density at radius 3 is 2.50 bits per heavy atom. The predicted octanol–water partition coefficient (Wildman–Crippen LogP) is 4.49. The van der Waals surface area contributed by atoms with Crippen LogP contribution < -0.4 is 0 Å². The van der Waals surface area contributed by atoms with Gasteiger partial charge in [0.1, 0.15) is 5.82 Å². The Labute approximate surface area is 107 Å². The third-order valence-electron chi connectivity index (χ3n) is 2.96. The van der Waals surface area contributed by atoms with Crippen molar-refractivity contribution in [2.24, 2.45) is 0 Å². The minimum Gasteiger partial charge on any atom is -0.206 e. The van der Waals surface area contributed by atoms with Crippen molar-refractivity contribution in [1.29, 1.82) is 5.26 Å². The van der Waals surface area contributed by atoms with Crippen LogP contribution in [0.5, 0.6) is 0 Å². The molecule has 0 aliphatic carbocycles. The number of halogens is 1. The fourth-order valence-corrected chi connectivity index (χ4v) is 1.88. The van der Waals surface area contributed by atoms with Gasteiger partial charge in [-0.3, -0.25) is 0 Å². The van der Waals surface area contributed by atoms with Gasteiger partial charge in [-0.15, -0.1) is 0 Å². The van der Waals surface area contributed by atoms with Crippen LogP contribution in [0.15, 0.2) is 42.5 Å². The number of hydrogen-bond donors (Lipinski definition) is 0. The molecular weight excluding hydrogens is 225 g/mol. The van der Waals surface area contributed by atoms with Crippen molar-refractivity contribution in [3.8, 4) is 17.2 Å². The Bertz CT molecular complexity index is 609. The van der Waals surface area contributed by atoms with Crippen LogP contribution in [0.3, 0.4) is 0 Å². The number of nitriles is 1. The molecule has 2 aromatic rings. The molecule has 0 heterocycles. The van der Waals surface area contributed by atoms with E-state index in [9.17, 15) is 4.39 Å². The second-order valence-electron chi connectivity index (χ2n) is 4.59. The number of rotatable bonds is 2. The molecule has 0 spiro atoms. The largest absolute Gasteiger partial charge is 0.206 e. The van der Waals surface area contributed by atoms with E-state index >= 15 is 0 Å². The first kappa shape index (κ1) is 12.3. The summed E-state index contributed by atoms with van der Waals surface area (Å²) in [5.41, 5.74) is 2.80. The van der Waals surface area contributed by atoms with E-state index in [4.69, 9.17) is 5.26 Å². The predicted molar refractivity (Wildman–Crippen MR) is 70.6 cm³/mol. The smallest absolute Gasteiger partial charge is 0.131 e. The molecule has 0 aromatic heterocycles. The summed E-state index contributed by atoms with van der Waals surface area (Å²) >= 11 is 0. The monoisotopic (exact) mass is 239 g/mol. The molecule has 0 N–H and O–H groups in total. The first-order valence-corrected chi connectivity index (χ1v) is 5.92. The van der Waals surface area contributed by atoms with Crippen molar-refractivity contribution in [3.05, 3.63) is 59.4 Å². The molecule has 2 rings (SSSR count). The van der Waals surface area contributed by atoms with Gasteiger partial charge in [0.2, 0.25) is 0 Å². The average Bonchev–Trinajstić information content (AvgIpc) is 2.38. The van der Waals surface area contributed by atoms with Gasteiger partial charge < -0.3 is 0 Å². The Kier molecular flexibility index (Phi) is 3.43. The zero-order valence-electron chi connectivity index (χ0n) is 10.4. The summed E-state index contributed by atoms with van der Waals surface area (Å²) in [5.74, 6) is 0.0651. The van der Waals surface area contributed by atoms with Gasteiger partial charge in [0, 0.05) is 5.56 Å². The second-order valence-corrected chi connectivity index (χ2v) is 4.59. The first-order valence-electron chi connectivity index (χ1n) is 5.92. The summed E-state index contributed by atoms with van der Waals surface area (Å²) < 4.78 is 14.0. The van der Waals surface area contributed by atoms with Gasteiger partial charge in [-0.05, 0) is 35.2 Å². The van der Waals surface area contributed by atoms with Crippen molar-refractivity contribution >= 4 is 0 Å². The average molecular weight is 239 g/mol. The first-order chi connectivity index (χ1) is 8.61. The van der Waals surface area contributed by atoms with E-state index in [1.807, 2.05) is 26.0 Å². The minimum absolute atomic E-state index is 0.240. The van der Waals surface area contributed by atoms with Crippen LogP contribution in [0.25, 0.3) is 11.1 Å². The maximum atomic E-state index is 14.0. The van der Waals surface area contributed by atoms with E-state index in [1.165, 1.54) is 0 Å². The highest BCUT2D eigenvalue weighted by Crippen LogP contribution is 2.26. The van der Waals surface area contributed by atoms with E-state index in [2.05, 4.69) is 6.07 Å². The zero-order chi connectivity index (χ0) is 13.1. The van der Waals surface area contributed by atoms with Crippen molar-refractivity contribution in [1.82, 2.24) is 0 Å². The minimum atomic E-state index is -0.240. The van der Waals surface area contributed by atoms with Crippen LogP contribution in [0, 0.1) is 17.1 Å². The summed E-state index contributed by atoms with van der Waals surface area (Å²) in [5, 5.41) is 8.85. The molecule has 0 atom stereocenters. The Hall–Kier alpha value is -2.14. The summed E-state index contributed by atoms with van der Waals surface area (Å²) in [4.78, 5) is 0. The standard InChI is InChI=1S/C16H14FN/c1-11(2)13-6-7-15(16(17)9-13)14-5-3-4-12(8-14)10-18/h3-9,11H,1-2H3. The van der Waals surface area contributed by atoms with E-state index < -0.39 is 0 Å². The third-order valence-corrected chi connectivity index (χ3v) is 2.96. The SMILES string of the molecule is CC(C)c1ccc(-c2cccc(C#N)c2)c(F)c1. The van der Waals surface area contributed by atoms with Crippen LogP contribution >= 0.6 is 0 Å². The molecular formula is C16H14FN. The van der Waals surface area contributed by atoms with E-state index in [0.29, 0.717) is 17.0 Å². The Balaban J connectivity index is 2.48. The van der Waals surface area contributed by atoms with Crippen LogP contribution in [0.4, 0.5) is 4.39 Å². The molecule has 0 saturated heterocycles. The number of benzene rings is 2. The molecule has 0 radical (unpaired) electrons. The van der Waals surface area contributed by atoms with Crippen LogP contribution in [-0.2, 0) is 0 Å². The van der Waals surface area contributed by atoms with Crippen molar-refractivity contribution in [2.75, 3.05) is 0 Å². The molecule has 90 valence electrons. The molecule has 0 unspecified atom stereocenters. The lowest BCUT2D eigenvalue weighted by Crippen LogP contribution is -1.91. The van der Waals surface area contributed by atoms with Gasteiger partial charge in [0.05, 0.1) is 11.6 Å². The molecule has 2 aromatic carbocycles. The molecule has 0 aliphatic rings. The van der Waals surface area contributed by atoms with Crippen molar-refractivity contribution in [3.63, 3.8) is 0 Å². The quantitative estimate of drug-likeness (QED) is 0.757. The van der Waals surface area contributed by atoms with Gasteiger partial charge in [-0.2, -0.15) is 5.26 Å². The molecule has 2 heteroatoms. The van der Waals surface area contributed by atoms with Gasteiger partial charge in [-0.1, -0.05) is 38.1 Å². The van der Waals surface area contributed by atoms with E-state index in [-0.39, 0.29) is 5.82 Å². The molecule has 0 aliphatic heterocycles. The van der Waals surface area contributed by atoms with Gasteiger partial charge in [0.15, 0.2) is 0 Å². The number of hydrogen-bond acceptors (Lipinski definition) is 1. The van der Waals surface area contributed by atoms with Crippen LogP contribution in [0.2, 0.25) is 0 Å². The molecule has 0 bridgehead atoms. The van der Waals surface area contributed by atoms with Gasteiger partial charge in [-0.25, -0.2) is 4.39 Å². The van der Waals surface area contributed by atoms with E-state index in [0.717, 1.165) is 11.1 Å². The summed E-state index contributed by atoms with van der Waals surface area (Å²) in [6.07, 6.45) is 0.